The van der Waals surface area contributed by atoms with E-state index in [1.165, 1.54) is 26.4 Å². The maximum absolute atomic E-state index is 13.3. The minimum Gasteiger partial charge on any atom is -0.497 e. The van der Waals surface area contributed by atoms with Crippen LogP contribution in [-0.4, -0.2) is 41.6 Å². The molecule has 0 aliphatic heterocycles. The summed E-state index contributed by atoms with van der Waals surface area (Å²) in [5.41, 5.74) is 0.256. The second-order valence-electron chi connectivity index (χ2n) is 6.56. The van der Waals surface area contributed by atoms with Crippen molar-refractivity contribution in [3.8, 4) is 11.5 Å². The van der Waals surface area contributed by atoms with Gasteiger partial charge in [-0.2, -0.15) is 0 Å². The molecule has 0 bridgehead atoms. The molecule has 0 aliphatic rings. The van der Waals surface area contributed by atoms with Crippen LogP contribution in [0.4, 0.5) is 5.69 Å². The van der Waals surface area contributed by atoms with Gasteiger partial charge in [0.25, 0.3) is 10.0 Å². The lowest BCUT2D eigenvalue weighted by molar-refractivity contribution is -0.119. The summed E-state index contributed by atoms with van der Waals surface area (Å²) in [6, 6.07) is 12.7. The number of amides is 1. The van der Waals surface area contributed by atoms with Gasteiger partial charge in [0, 0.05) is 12.6 Å². The summed E-state index contributed by atoms with van der Waals surface area (Å²) in [4.78, 5) is 12.5. The number of hydrogen-bond acceptors (Lipinski definition) is 5. The lowest BCUT2D eigenvalue weighted by Crippen LogP contribution is -2.42. The van der Waals surface area contributed by atoms with E-state index in [2.05, 4.69) is 5.32 Å². The Bertz CT molecular complexity index is 898. The van der Waals surface area contributed by atoms with E-state index in [0.29, 0.717) is 12.3 Å². The fourth-order valence-corrected chi connectivity index (χ4v) is 3.97. The second kappa shape index (κ2) is 9.45. The highest BCUT2D eigenvalue weighted by Gasteiger charge is 2.29. The van der Waals surface area contributed by atoms with E-state index in [0.717, 1.165) is 4.31 Å². The van der Waals surface area contributed by atoms with Gasteiger partial charge in [0.05, 0.1) is 24.8 Å². The number of carbonyl (C=O) groups is 1. The Hall–Kier alpha value is -2.74. The topological polar surface area (TPSA) is 84.9 Å². The minimum atomic E-state index is -3.99. The highest BCUT2D eigenvalue weighted by atomic mass is 32.2. The van der Waals surface area contributed by atoms with E-state index in [1.54, 1.807) is 36.4 Å². The Labute approximate surface area is 166 Å². The number of nitrogens with zero attached hydrogens (tertiary/aromatic N) is 1. The molecule has 2 aromatic carbocycles. The van der Waals surface area contributed by atoms with E-state index in [-0.39, 0.29) is 28.8 Å². The molecule has 0 unspecified atom stereocenters. The molecule has 0 aromatic heterocycles. The molecule has 2 aromatic rings. The van der Waals surface area contributed by atoms with Crippen molar-refractivity contribution in [3.05, 3.63) is 48.5 Å². The number of anilines is 1. The van der Waals surface area contributed by atoms with Crippen molar-refractivity contribution in [2.24, 2.45) is 5.92 Å². The molecule has 0 radical (unpaired) electrons. The molecule has 2 rings (SSSR count). The zero-order valence-electron chi connectivity index (χ0n) is 16.5. The molecule has 8 heteroatoms. The highest BCUT2D eigenvalue weighted by molar-refractivity contribution is 7.92. The molecule has 7 nitrogen and oxygen atoms in total. The number of methoxy groups -OCH3 is 2. The second-order valence-corrected chi connectivity index (χ2v) is 8.42. The molecule has 0 saturated carbocycles. The number of nitrogens with one attached hydrogen (secondary N) is 1. The quantitative estimate of drug-likeness (QED) is 0.692. The first-order valence-electron chi connectivity index (χ1n) is 8.86. The van der Waals surface area contributed by atoms with Crippen LogP contribution in [0, 0.1) is 5.92 Å². The number of sulfonamides is 1. The van der Waals surface area contributed by atoms with Gasteiger partial charge in [-0.05, 0) is 30.2 Å². The lowest BCUT2D eigenvalue weighted by atomic mass is 10.2. The lowest BCUT2D eigenvalue weighted by Gasteiger charge is -2.26. The fraction of sp³-hybridized carbons (Fsp3) is 0.350. The molecular weight excluding hydrogens is 380 g/mol. The van der Waals surface area contributed by atoms with Crippen molar-refractivity contribution in [1.82, 2.24) is 5.32 Å². The van der Waals surface area contributed by atoms with Gasteiger partial charge >= 0.3 is 0 Å². The third-order valence-corrected chi connectivity index (χ3v) is 5.76. The number of hydrogen-bond donors (Lipinski definition) is 1. The summed E-state index contributed by atoms with van der Waals surface area (Å²) < 4.78 is 38.2. The molecule has 0 aliphatic carbocycles. The van der Waals surface area contributed by atoms with Gasteiger partial charge in [-0.1, -0.05) is 32.0 Å². The summed E-state index contributed by atoms with van der Waals surface area (Å²) in [6.07, 6.45) is 0. The average Bonchev–Trinajstić information content (AvgIpc) is 2.70. The normalized spacial score (nSPS) is 11.2. The maximum Gasteiger partial charge on any atom is 0.264 e. The van der Waals surface area contributed by atoms with Crippen LogP contribution in [0.2, 0.25) is 0 Å². The Kier molecular flexibility index (Phi) is 7.28. The molecule has 0 saturated heterocycles. The van der Waals surface area contributed by atoms with E-state index in [9.17, 15) is 13.2 Å². The Balaban J connectivity index is 2.49. The minimum absolute atomic E-state index is 0.0875. The van der Waals surface area contributed by atoms with Crippen molar-refractivity contribution in [3.63, 3.8) is 0 Å². The zero-order chi connectivity index (χ0) is 20.7. The predicted octanol–water partition coefficient (Wildman–Crippen LogP) is 2.67. The molecule has 152 valence electrons. The first-order chi connectivity index (χ1) is 13.3. The molecule has 1 amide bonds. The third-order valence-electron chi connectivity index (χ3n) is 3.98. The van der Waals surface area contributed by atoms with Crippen molar-refractivity contribution in [2.75, 3.05) is 31.6 Å². The van der Waals surface area contributed by atoms with Gasteiger partial charge < -0.3 is 14.8 Å². The van der Waals surface area contributed by atoms with Gasteiger partial charge in [0.15, 0.2) is 0 Å². The molecule has 28 heavy (non-hydrogen) atoms. The van der Waals surface area contributed by atoms with Gasteiger partial charge in [-0.15, -0.1) is 0 Å². The van der Waals surface area contributed by atoms with Crippen LogP contribution in [-0.2, 0) is 14.8 Å². The van der Waals surface area contributed by atoms with Crippen molar-refractivity contribution < 1.29 is 22.7 Å². The summed E-state index contributed by atoms with van der Waals surface area (Å²) in [7, 11) is -1.05. The molecule has 0 spiro atoms. The molecular formula is C20H26N2O5S. The van der Waals surface area contributed by atoms with Gasteiger partial charge in [0.2, 0.25) is 5.91 Å². The van der Waals surface area contributed by atoms with Crippen LogP contribution in [0.1, 0.15) is 13.8 Å². The fourth-order valence-electron chi connectivity index (χ4n) is 2.51. The number of carbonyl (C=O) groups excluding carboxylic acids is 1. The third kappa shape index (κ3) is 5.16. The van der Waals surface area contributed by atoms with Gasteiger partial charge in [-0.25, -0.2) is 8.42 Å². The van der Waals surface area contributed by atoms with Crippen LogP contribution < -0.4 is 19.1 Å². The SMILES string of the molecule is COc1ccc(N(CC(=O)NCC(C)C)S(=O)(=O)c2ccccc2)c(OC)c1. The number of rotatable bonds is 9. The molecule has 0 atom stereocenters. The summed E-state index contributed by atoms with van der Waals surface area (Å²) in [5.74, 6) is 0.655. The smallest absolute Gasteiger partial charge is 0.264 e. The van der Waals surface area contributed by atoms with Crippen LogP contribution in [0.3, 0.4) is 0 Å². The van der Waals surface area contributed by atoms with Crippen LogP contribution in [0.25, 0.3) is 0 Å². The standard InChI is InChI=1S/C20H26N2O5S/c1-15(2)13-21-20(23)14-22(28(24,25)17-8-6-5-7-9-17)18-11-10-16(26-3)12-19(18)27-4/h5-12,15H,13-14H2,1-4H3,(H,21,23). The molecule has 0 heterocycles. The number of ether oxygens (including phenoxy) is 2. The van der Waals surface area contributed by atoms with Crippen LogP contribution in [0.15, 0.2) is 53.4 Å². The molecule has 0 fully saturated rings. The summed E-state index contributed by atoms with van der Waals surface area (Å²) in [5, 5.41) is 2.76. The Morgan fingerprint density at radius 3 is 2.32 bits per heavy atom. The van der Waals surface area contributed by atoms with E-state index < -0.39 is 15.9 Å². The van der Waals surface area contributed by atoms with E-state index in [4.69, 9.17) is 9.47 Å². The Morgan fingerprint density at radius 1 is 1.07 bits per heavy atom. The van der Waals surface area contributed by atoms with E-state index in [1.807, 2.05) is 13.8 Å². The van der Waals surface area contributed by atoms with Crippen molar-refractivity contribution in [2.45, 2.75) is 18.7 Å². The first-order valence-corrected chi connectivity index (χ1v) is 10.3. The van der Waals surface area contributed by atoms with Crippen LogP contribution >= 0.6 is 0 Å². The zero-order valence-corrected chi connectivity index (χ0v) is 17.3. The van der Waals surface area contributed by atoms with Crippen molar-refractivity contribution >= 4 is 21.6 Å². The maximum atomic E-state index is 13.3. The highest BCUT2D eigenvalue weighted by Crippen LogP contribution is 2.35. The largest absolute Gasteiger partial charge is 0.497 e. The van der Waals surface area contributed by atoms with Crippen LogP contribution in [0.5, 0.6) is 11.5 Å². The van der Waals surface area contributed by atoms with Gasteiger partial charge in [0.1, 0.15) is 18.0 Å². The summed E-state index contributed by atoms with van der Waals surface area (Å²) in [6.45, 7) is 4.01. The van der Waals surface area contributed by atoms with E-state index >= 15 is 0 Å². The first kappa shape index (κ1) is 21.6. The van der Waals surface area contributed by atoms with Crippen molar-refractivity contribution in [1.29, 1.82) is 0 Å². The predicted molar refractivity (Wildman–Crippen MR) is 108 cm³/mol. The van der Waals surface area contributed by atoms with Gasteiger partial charge in [-0.3, -0.25) is 9.10 Å². The molecule has 1 N–H and O–H groups in total. The monoisotopic (exact) mass is 406 g/mol. The number of benzene rings is 2. The average molecular weight is 407 g/mol. The summed E-state index contributed by atoms with van der Waals surface area (Å²) >= 11 is 0. The Morgan fingerprint density at radius 2 is 1.75 bits per heavy atom.